The highest BCUT2D eigenvalue weighted by molar-refractivity contribution is 5.80. The molecule has 0 radical (unpaired) electrons. The van der Waals surface area contributed by atoms with Gasteiger partial charge < -0.3 is 14.4 Å². The molecule has 2 aromatic rings. The number of aromatic nitrogens is 2. The van der Waals surface area contributed by atoms with Crippen molar-refractivity contribution in [2.24, 2.45) is 0 Å². The lowest BCUT2D eigenvalue weighted by atomic mass is 10.1. The number of likely N-dealkylation sites (N-methyl/N-ethyl adjacent to an activating group) is 1. The number of benzene rings is 1. The van der Waals surface area contributed by atoms with Crippen molar-refractivity contribution in [1.29, 1.82) is 0 Å². The molecule has 1 amide bonds. The van der Waals surface area contributed by atoms with E-state index < -0.39 is 6.04 Å². The second-order valence-corrected chi connectivity index (χ2v) is 5.76. The average Bonchev–Trinajstić information content (AvgIpc) is 2.68. The van der Waals surface area contributed by atoms with Crippen molar-refractivity contribution >= 4 is 5.91 Å². The monoisotopic (exact) mass is 359 g/mol. The van der Waals surface area contributed by atoms with Crippen LogP contribution in [0.4, 0.5) is 0 Å². The van der Waals surface area contributed by atoms with Crippen LogP contribution in [0.15, 0.2) is 35.1 Å². The lowest BCUT2D eigenvalue weighted by molar-refractivity contribution is -0.134. The van der Waals surface area contributed by atoms with Crippen molar-refractivity contribution in [3.05, 3.63) is 40.7 Å². The molecule has 2 rings (SSSR count). The normalized spacial score (nSPS) is 11.7. The minimum absolute atomic E-state index is 0.143. The summed E-state index contributed by atoms with van der Waals surface area (Å²) in [4.78, 5) is 26.8. The van der Waals surface area contributed by atoms with Gasteiger partial charge in [-0.3, -0.25) is 9.59 Å². The van der Waals surface area contributed by atoms with Crippen LogP contribution in [0.5, 0.6) is 11.5 Å². The van der Waals surface area contributed by atoms with Crippen molar-refractivity contribution in [3.8, 4) is 22.8 Å². The molecule has 1 atom stereocenters. The molecule has 0 N–H and O–H groups in total. The molecule has 0 fully saturated rings. The van der Waals surface area contributed by atoms with E-state index in [0.29, 0.717) is 30.3 Å². The van der Waals surface area contributed by atoms with Crippen LogP contribution in [0.1, 0.15) is 26.8 Å². The Morgan fingerprint density at radius 2 is 1.77 bits per heavy atom. The molecule has 0 saturated carbocycles. The largest absolute Gasteiger partial charge is 0.497 e. The molecule has 0 saturated heterocycles. The zero-order valence-electron chi connectivity index (χ0n) is 15.9. The zero-order valence-corrected chi connectivity index (χ0v) is 15.9. The molecular weight excluding hydrogens is 334 g/mol. The molecule has 1 heterocycles. The average molecular weight is 359 g/mol. The van der Waals surface area contributed by atoms with Crippen LogP contribution in [0, 0.1) is 0 Å². The summed E-state index contributed by atoms with van der Waals surface area (Å²) in [5, 5.41) is 4.43. The van der Waals surface area contributed by atoms with Crippen LogP contribution in [-0.2, 0) is 4.79 Å². The molecule has 0 spiro atoms. The Bertz CT molecular complexity index is 811. The lowest BCUT2D eigenvalue weighted by Crippen LogP contribution is -2.40. The SMILES string of the molecule is CCN(CC)C(=O)C(C)n1nc(-c2ccc(OC)cc2)c(OC)cc1=O. The van der Waals surface area contributed by atoms with Gasteiger partial charge in [-0.15, -0.1) is 0 Å². The van der Waals surface area contributed by atoms with Crippen molar-refractivity contribution < 1.29 is 14.3 Å². The summed E-state index contributed by atoms with van der Waals surface area (Å²) >= 11 is 0. The molecule has 0 aliphatic rings. The summed E-state index contributed by atoms with van der Waals surface area (Å²) < 4.78 is 11.7. The van der Waals surface area contributed by atoms with Gasteiger partial charge in [-0.05, 0) is 45.0 Å². The number of nitrogens with zero attached hydrogens (tertiary/aromatic N) is 3. The van der Waals surface area contributed by atoms with Gasteiger partial charge in [0.15, 0.2) is 5.75 Å². The number of carbonyl (C=O) groups excluding carboxylic acids is 1. The molecule has 0 aliphatic heterocycles. The van der Waals surface area contributed by atoms with Gasteiger partial charge in [-0.25, -0.2) is 4.68 Å². The first-order valence-corrected chi connectivity index (χ1v) is 8.57. The van der Waals surface area contributed by atoms with Crippen LogP contribution in [0.25, 0.3) is 11.3 Å². The first-order chi connectivity index (χ1) is 12.5. The van der Waals surface area contributed by atoms with E-state index in [1.165, 1.54) is 17.9 Å². The standard InChI is InChI=1S/C19H25N3O4/c1-6-21(7-2)19(24)13(3)22-17(23)12-16(26-5)18(20-22)14-8-10-15(25-4)11-9-14/h8-13H,6-7H2,1-5H3. The number of hydrogen-bond donors (Lipinski definition) is 0. The van der Waals surface area contributed by atoms with Crippen LogP contribution in [0.3, 0.4) is 0 Å². The van der Waals surface area contributed by atoms with E-state index in [4.69, 9.17) is 9.47 Å². The number of amides is 1. The maximum atomic E-state index is 12.6. The van der Waals surface area contributed by atoms with Gasteiger partial charge >= 0.3 is 0 Å². The minimum atomic E-state index is -0.703. The van der Waals surface area contributed by atoms with E-state index in [1.54, 1.807) is 31.1 Å². The minimum Gasteiger partial charge on any atom is -0.497 e. The predicted octanol–water partition coefficient (Wildman–Crippen LogP) is 2.36. The predicted molar refractivity (Wildman–Crippen MR) is 99.7 cm³/mol. The summed E-state index contributed by atoms with van der Waals surface area (Å²) in [5.74, 6) is 0.931. The van der Waals surface area contributed by atoms with Crippen LogP contribution < -0.4 is 15.0 Å². The van der Waals surface area contributed by atoms with Gasteiger partial charge in [-0.1, -0.05) is 0 Å². The third kappa shape index (κ3) is 3.87. The molecule has 140 valence electrons. The first kappa shape index (κ1) is 19.5. The van der Waals surface area contributed by atoms with Gasteiger partial charge in [0, 0.05) is 24.7 Å². The Morgan fingerprint density at radius 1 is 1.15 bits per heavy atom. The second-order valence-electron chi connectivity index (χ2n) is 5.76. The number of ether oxygens (including phenoxy) is 2. The molecule has 1 unspecified atom stereocenters. The first-order valence-electron chi connectivity index (χ1n) is 8.57. The fourth-order valence-corrected chi connectivity index (χ4v) is 2.74. The maximum absolute atomic E-state index is 12.6. The summed E-state index contributed by atoms with van der Waals surface area (Å²) in [6, 6.07) is 7.92. The molecule has 0 bridgehead atoms. The zero-order chi connectivity index (χ0) is 19.3. The van der Waals surface area contributed by atoms with Gasteiger partial charge in [0.05, 0.1) is 14.2 Å². The smallest absolute Gasteiger partial charge is 0.271 e. The third-order valence-electron chi connectivity index (χ3n) is 4.30. The Labute approximate surface area is 153 Å². The Hall–Kier alpha value is -2.83. The fraction of sp³-hybridized carbons (Fsp3) is 0.421. The Balaban J connectivity index is 2.51. The Kier molecular flexibility index (Phi) is 6.38. The summed E-state index contributed by atoms with van der Waals surface area (Å²) in [6.07, 6.45) is 0. The Morgan fingerprint density at radius 3 is 2.27 bits per heavy atom. The molecule has 7 nitrogen and oxygen atoms in total. The van der Waals surface area contributed by atoms with E-state index in [2.05, 4.69) is 5.10 Å². The highest BCUT2D eigenvalue weighted by atomic mass is 16.5. The van der Waals surface area contributed by atoms with Gasteiger partial charge in [0.2, 0.25) is 5.91 Å². The van der Waals surface area contributed by atoms with E-state index in [1.807, 2.05) is 26.0 Å². The van der Waals surface area contributed by atoms with Crippen molar-refractivity contribution in [1.82, 2.24) is 14.7 Å². The third-order valence-corrected chi connectivity index (χ3v) is 4.30. The summed E-state index contributed by atoms with van der Waals surface area (Å²) in [6.45, 7) is 6.65. The van der Waals surface area contributed by atoms with Gasteiger partial charge in [0.1, 0.15) is 17.5 Å². The van der Waals surface area contributed by atoms with Crippen LogP contribution >= 0.6 is 0 Å². The fourth-order valence-electron chi connectivity index (χ4n) is 2.74. The maximum Gasteiger partial charge on any atom is 0.271 e. The lowest BCUT2D eigenvalue weighted by Gasteiger charge is -2.24. The molecule has 0 aliphatic carbocycles. The molecule has 26 heavy (non-hydrogen) atoms. The topological polar surface area (TPSA) is 73.7 Å². The quantitative estimate of drug-likeness (QED) is 0.759. The van der Waals surface area contributed by atoms with E-state index >= 15 is 0 Å². The van der Waals surface area contributed by atoms with E-state index in [-0.39, 0.29) is 11.5 Å². The van der Waals surface area contributed by atoms with Gasteiger partial charge in [-0.2, -0.15) is 5.10 Å². The molecule has 1 aromatic heterocycles. The van der Waals surface area contributed by atoms with Crippen molar-refractivity contribution in [2.45, 2.75) is 26.8 Å². The second kappa shape index (κ2) is 8.51. The summed E-state index contributed by atoms with van der Waals surface area (Å²) in [7, 11) is 3.08. The number of hydrogen-bond acceptors (Lipinski definition) is 5. The van der Waals surface area contributed by atoms with Crippen molar-refractivity contribution in [3.63, 3.8) is 0 Å². The van der Waals surface area contributed by atoms with Gasteiger partial charge in [0.25, 0.3) is 5.56 Å². The number of carbonyl (C=O) groups is 1. The van der Waals surface area contributed by atoms with E-state index in [0.717, 1.165) is 5.56 Å². The summed E-state index contributed by atoms with van der Waals surface area (Å²) in [5.41, 5.74) is 0.875. The van der Waals surface area contributed by atoms with Crippen molar-refractivity contribution in [2.75, 3.05) is 27.3 Å². The van der Waals surface area contributed by atoms with E-state index in [9.17, 15) is 9.59 Å². The molecule has 1 aromatic carbocycles. The van der Waals surface area contributed by atoms with Crippen LogP contribution in [0.2, 0.25) is 0 Å². The number of rotatable bonds is 7. The molecule has 7 heteroatoms. The number of methoxy groups -OCH3 is 2. The highest BCUT2D eigenvalue weighted by Gasteiger charge is 2.23. The molecular formula is C19H25N3O4. The van der Waals surface area contributed by atoms with Crippen LogP contribution in [-0.4, -0.2) is 47.9 Å². The highest BCUT2D eigenvalue weighted by Crippen LogP contribution is 2.28.